The summed E-state index contributed by atoms with van der Waals surface area (Å²) < 4.78 is 6.65. The number of thiazole rings is 1. The van der Waals surface area contributed by atoms with Gasteiger partial charge in [0.25, 0.3) is 11.8 Å². The van der Waals surface area contributed by atoms with E-state index in [4.69, 9.17) is 4.74 Å². The Balaban J connectivity index is 1.43. The Morgan fingerprint density at radius 3 is 2.60 bits per heavy atom. The van der Waals surface area contributed by atoms with Crippen molar-refractivity contribution in [3.63, 3.8) is 0 Å². The van der Waals surface area contributed by atoms with E-state index in [2.05, 4.69) is 34.3 Å². The van der Waals surface area contributed by atoms with E-state index in [0.29, 0.717) is 35.7 Å². The third kappa shape index (κ3) is 6.70. The molecule has 1 aliphatic heterocycles. The van der Waals surface area contributed by atoms with Crippen molar-refractivity contribution >= 4 is 28.8 Å². The molecule has 2 amide bonds. The lowest BCUT2D eigenvalue weighted by molar-refractivity contribution is 0.0343. The Morgan fingerprint density at radius 1 is 1.14 bits per heavy atom. The van der Waals surface area contributed by atoms with Gasteiger partial charge >= 0.3 is 0 Å². The van der Waals surface area contributed by atoms with Crippen molar-refractivity contribution in [3.05, 3.63) is 101 Å². The zero-order valence-corrected chi connectivity index (χ0v) is 24.9. The summed E-state index contributed by atoms with van der Waals surface area (Å²) in [7, 11) is 2.05. The van der Waals surface area contributed by atoms with Gasteiger partial charge in [0.05, 0.1) is 23.9 Å². The Labute approximate surface area is 250 Å². The molecule has 0 unspecified atom stereocenters. The second-order valence-corrected chi connectivity index (χ2v) is 11.8. The molecule has 0 saturated heterocycles. The van der Waals surface area contributed by atoms with Crippen LogP contribution in [0.3, 0.4) is 0 Å². The molecule has 0 spiro atoms. The molecule has 9 heteroatoms. The number of rotatable bonds is 9. The Kier molecular flexibility index (Phi) is 9.31. The quantitative estimate of drug-likeness (QED) is 0.273. The number of aromatic nitrogens is 1. The monoisotopic (exact) mass is 584 g/mol. The largest absolute Gasteiger partial charge is 0.486 e. The summed E-state index contributed by atoms with van der Waals surface area (Å²) in [5, 5.41) is 15.7. The molecule has 0 radical (unpaired) electrons. The molecule has 1 aromatic heterocycles. The van der Waals surface area contributed by atoms with Crippen LogP contribution in [-0.4, -0.2) is 70.6 Å². The molecule has 3 aromatic carbocycles. The first-order chi connectivity index (χ1) is 20.3. The molecule has 0 bridgehead atoms. The number of nitrogens with zero attached hydrogens (tertiary/aromatic N) is 3. The number of aliphatic hydroxyl groups is 1. The highest BCUT2D eigenvalue weighted by atomic mass is 32.1. The van der Waals surface area contributed by atoms with E-state index in [9.17, 15) is 14.7 Å². The first-order valence-electron chi connectivity index (χ1n) is 14.1. The molecule has 0 saturated carbocycles. The molecule has 42 heavy (non-hydrogen) atoms. The highest BCUT2D eigenvalue weighted by molar-refractivity contribution is 7.13. The minimum Gasteiger partial charge on any atom is -0.486 e. The SMILES string of the molecule is C[C@@H]1CN([C@H](C)CO)C(=O)c2cccc(NC(=O)c3ccc(-c4nccs4)cc3)c2O[C@@H]1CN(C)Cc1ccccc1. The first-order valence-corrected chi connectivity index (χ1v) is 15.0. The third-order valence-corrected chi connectivity index (χ3v) is 8.37. The number of anilines is 1. The molecule has 1 aliphatic rings. The summed E-state index contributed by atoms with van der Waals surface area (Å²) in [6, 6.07) is 22.3. The van der Waals surface area contributed by atoms with Gasteiger partial charge in [-0.15, -0.1) is 11.3 Å². The van der Waals surface area contributed by atoms with E-state index in [-0.39, 0.29) is 36.5 Å². The standard InChI is InChI=1S/C33H36N4O4S/c1-22-18-37(23(2)21-38)33(40)27-10-7-11-28(30(27)41-29(22)20-36(3)19-24-8-5-4-6-9-24)35-31(39)25-12-14-26(15-13-25)32-34-16-17-42-32/h4-17,22-23,29,38H,18-21H2,1-3H3,(H,35,39)/t22-,23-,29-/m1/s1. The van der Waals surface area contributed by atoms with Gasteiger partial charge in [0.15, 0.2) is 5.75 Å². The summed E-state index contributed by atoms with van der Waals surface area (Å²) >= 11 is 1.54. The van der Waals surface area contributed by atoms with Gasteiger partial charge in [0.2, 0.25) is 0 Å². The van der Waals surface area contributed by atoms with Crippen LogP contribution in [0.4, 0.5) is 5.69 Å². The van der Waals surface area contributed by atoms with Gasteiger partial charge < -0.3 is 20.1 Å². The van der Waals surface area contributed by atoms with Crippen LogP contribution in [0.1, 0.15) is 40.1 Å². The van der Waals surface area contributed by atoms with Gasteiger partial charge in [0, 0.05) is 48.3 Å². The number of amides is 2. The van der Waals surface area contributed by atoms with E-state index < -0.39 is 0 Å². The number of carbonyl (C=O) groups excluding carboxylic acids is 2. The lowest BCUT2D eigenvalue weighted by Gasteiger charge is -2.38. The van der Waals surface area contributed by atoms with Gasteiger partial charge in [-0.25, -0.2) is 4.98 Å². The number of likely N-dealkylation sites (N-methyl/N-ethyl adjacent to an activating group) is 1. The average Bonchev–Trinajstić information content (AvgIpc) is 3.55. The summed E-state index contributed by atoms with van der Waals surface area (Å²) in [5.41, 5.74) is 3.40. The zero-order valence-electron chi connectivity index (χ0n) is 24.1. The number of para-hydroxylation sites is 1. The minimum atomic E-state index is -0.372. The average molecular weight is 585 g/mol. The van der Waals surface area contributed by atoms with E-state index >= 15 is 0 Å². The van der Waals surface area contributed by atoms with Crippen molar-refractivity contribution in [2.24, 2.45) is 5.92 Å². The highest BCUT2D eigenvalue weighted by Gasteiger charge is 2.34. The number of hydrogen-bond donors (Lipinski definition) is 2. The van der Waals surface area contributed by atoms with Crippen LogP contribution in [0.25, 0.3) is 10.6 Å². The summed E-state index contributed by atoms with van der Waals surface area (Å²) in [5.74, 6) is -0.247. The third-order valence-electron chi connectivity index (χ3n) is 7.55. The number of fused-ring (bicyclic) bond motifs is 1. The summed E-state index contributed by atoms with van der Waals surface area (Å²) in [6.45, 7) is 5.52. The van der Waals surface area contributed by atoms with Crippen molar-refractivity contribution in [2.45, 2.75) is 32.5 Å². The lowest BCUT2D eigenvalue weighted by atomic mass is 9.98. The molecule has 4 aromatic rings. The van der Waals surface area contributed by atoms with Crippen molar-refractivity contribution in [2.75, 3.05) is 32.1 Å². The number of nitrogens with one attached hydrogen (secondary N) is 1. The Hall–Kier alpha value is -4.05. The van der Waals surface area contributed by atoms with Crippen LogP contribution < -0.4 is 10.1 Å². The van der Waals surface area contributed by atoms with Gasteiger partial charge in [-0.2, -0.15) is 0 Å². The number of carbonyl (C=O) groups is 2. The predicted octanol–water partition coefficient (Wildman–Crippen LogP) is 5.41. The summed E-state index contributed by atoms with van der Waals surface area (Å²) in [6.07, 6.45) is 1.47. The number of benzene rings is 3. The molecule has 2 heterocycles. The topological polar surface area (TPSA) is 95.0 Å². The molecular formula is C33H36N4O4S. The fourth-order valence-electron chi connectivity index (χ4n) is 5.15. The predicted molar refractivity (Wildman–Crippen MR) is 166 cm³/mol. The maximum Gasteiger partial charge on any atom is 0.258 e. The van der Waals surface area contributed by atoms with Crippen molar-refractivity contribution in [1.82, 2.24) is 14.8 Å². The fourth-order valence-corrected chi connectivity index (χ4v) is 5.80. The van der Waals surface area contributed by atoms with Gasteiger partial charge in [0.1, 0.15) is 11.1 Å². The number of ether oxygens (including phenoxy) is 1. The zero-order chi connectivity index (χ0) is 29.6. The van der Waals surface area contributed by atoms with Crippen LogP contribution in [0.2, 0.25) is 0 Å². The minimum absolute atomic E-state index is 0.0449. The summed E-state index contributed by atoms with van der Waals surface area (Å²) in [4.78, 5) is 35.4. The van der Waals surface area contributed by atoms with Crippen LogP contribution in [-0.2, 0) is 6.54 Å². The highest BCUT2D eigenvalue weighted by Crippen LogP contribution is 2.35. The molecule has 0 fully saturated rings. The molecular weight excluding hydrogens is 548 g/mol. The van der Waals surface area contributed by atoms with Gasteiger partial charge in [-0.3, -0.25) is 14.5 Å². The van der Waals surface area contributed by atoms with Crippen molar-refractivity contribution in [3.8, 4) is 16.3 Å². The van der Waals surface area contributed by atoms with Crippen LogP contribution in [0.5, 0.6) is 5.75 Å². The lowest BCUT2D eigenvalue weighted by Crippen LogP contribution is -2.49. The van der Waals surface area contributed by atoms with Crippen LogP contribution in [0, 0.1) is 5.92 Å². The number of aliphatic hydroxyl groups excluding tert-OH is 1. The van der Waals surface area contributed by atoms with Crippen LogP contribution in [0.15, 0.2) is 84.4 Å². The van der Waals surface area contributed by atoms with Crippen LogP contribution >= 0.6 is 11.3 Å². The maximum atomic E-state index is 13.8. The molecule has 8 nitrogen and oxygen atoms in total. The fraction of sp³-hybridized carbons (Fsp3) is 0.303. The maximum absolute atomic E-state index is 13.8. The van der Waals surface area contributed by atoms with Gasteiger partial charge in [-0.1, -0.05) is 55.5 Å². The van der Waals surface area contributed by atoms with E-state index in [1.807, 2.05) is 49.7 Å². The second-order valence-electron chi connectivity index (χ2n) is 10.9. The molecule has 3 atom stereocenters. The molecule has 5 rings (SSSR count). The van der Waals surface area contributed by atoms with Crippen molar-refractivity contribution in [1.29, 1.82) is 0 Å². The normalized spacial score (nSPS) is 17.6. The second kappa shape index (κ2) is 13.3. The van der Waals surface area contributed by atoms with E-state index in [1.165, 1.54) is 16.9 Å². The molecule has 0 aliphatic carbocycles. The molecule has 218 valence electrons. The van der Waals surface area contributed by atoms with Crippen molar-refractivity contribution < 1.29 is 19.4 Å². The first kappa shape index (κ1) is 29.4. The number of hydrogen-bond acceptors (Lipinski definition) is 7. The van der Waals surface area contributed by atoms with E-state index in [1.54, 1.807) is 41.4 Å². The Morgan fingerprint density at radius 2 is 1.90 bits per heavy atom. The molecule has 2 N–H and O–H groups in total. The van der Waals surface area contributed by atoms with E-state index in [0.717, 1.165) is 17.1 Å². The van der Waals surface area contributed by atoms with Gasteiger partial charge in [-0.05, 0) is 43.8 Å². The smallest absolute Gasteiger partial charge is 0.258 e. The Bertz CT molecular complexity index is 1490.